The normalized spacial score (nSPS) is 19.6. The van der Waals surface area contributed by atoms with Crippen molar-refractivity contribution in [2.24, 2.45) is 0 Å². The van der Waals surface area contributed by atoms with Gasteiger partial charge in [0.15, 0.2) is 0 Å². The maximum Gasteiger partial charge on any atom is 0.254 e. The van der Waals surface area contributed by atoms with Crippen LogP contribution in [0.1, 0.15) is 30.1 Å². The van der Waals surface area contributed by atoms with Crippen molar-refractivity contribution in [3.63, 3.8) is 0 Å². The molecular formula is C19H28N4O3. The van der Waals surface area contributed by atoms with E-state index >= 15 is 0 Å². The number of nitrogens with zero attached hydrogens (tertiary/aromatic N) is 3. The molecular weight excluding hydrogens is 332 g/mol. The van der Waals surface area contributed by atoms with E-state index in [1.807, 2.05) is 35.9 Å². The molecule has 2 N–H and O–H groups in total. The van der Waals surface area contributed by atoms with Crippen molar-refractivity contribution >= 4 is 23.2 Å². The van der Waals surface area contributed by atoms with E-state index in [1.54, 1.807) is 6.07 Å². The number of hydrogen-bond acceptors (Lipinski definition) is 5. The van der Waals surface area contributed by atoms with Crippen LogP contribution in [0.5, 0.6) is 0 Å². The Labute approximate surface area is 154 Å². The van der Waals surface area contributed by atoms with E-state index in [-0.39, 0.29) is 17.9 Å². The largest absolute Gasteiger partial charge is 0.392 e. The molecule has 1 atom stereocenters. The molecule has 2 aliphatic rings. The first-order chi connectivity index (χ1) is 12.5. The van der Waals surface area contributed by atoms with Crippen LogP contribution < -0.4 is 10.2 Å². The molecule has 7 nitrogen and oxygen atoms in total. The number of nitrogens with one attached hydrogen (secondary N) is 1. The van der Waals surface area contributed by atoms with Gasteiger partial charge in [0.25, 0.3) is 5.91 Å². The highest BCUT2D eigenvalue weighted by molar-refractivity contribution is 6.00. The molecule has 26 heavy (non-hydrogen) atoms. The number of anilines is 2. The van der Waals surface area contributed by atoms with Crippen molar-refractivity contribution < 1.29 is 14.7 Å². The first kappa shape index (κ1) is 18.7. The number of aliphatic hydroxyl groups excluding tert-OH is 1. The molecule has 2 aliphatic heterocycles. The summed E-state index contributed by atoms with van der Waals surface area (Å²) >= 11 is 0. The number of aliphatic hydroxyl groups is 1. The Hall–Kier alpha value is -2.12. The van der Waals surface area contributed by atoms with E-state index in [0.717, 1.165) is 25.2 Å². The number of rotatable bonds is 4. The van der Waals surface area contributed by atoms with Gasteiger partial charge in [-0.15, -0.1) is 0 Å². The van der Waals surface area contributed by atoms with Gasteiger partial charge in [-0.05, 0) is 24.6 Å². The van der Waals surface area contributed by atoms with E-state index in [4.69, 9.17) is 0 Å². The van der Waals surface area contributed by atoms with Crippen LogP contribution in [0, 0.1) is 0 Å². The van der Waals surface area contributed by atoms with Crippen LogP contribution in [-0.2, 0) is 4.79 Å². The van der Waals surface area contributed by atoms with Gasteiger partial charge in [-0.3, -0.25) is 14.5 Å². The zero-order valence-corrected chi connectivity index (χ0v) is 15.6. The zero-order valence-electron chi connectivity index (χ0n) is 15.6. The second kappa shape index (κ2) is 8.05. The molecule has 0 bridgehead atoms. The van der Waals surface area contributed by atoms with Crippen molar-refractivity contribution in [3.8, 4) is 0 Å². The number of β-amino-alcohol motifs (C(OH)–C–C–N with tert-alkyl or cyclic N) is 1. The van der Waals surface area contributed by atoms with Crippen LogP contribution in [0.15, 0.2) is 18.2 Å². The summed E-state index contributed by atoms with van der Waals surface area (Å²) < 4.78 is 0. The smallest absolute Gasteiger partial charge is 0.254 e. The molecule has 142 valence electrons. The van der Waals surface area contributed by atoms with Crippen molar-refractivity contribution in [1.29, 1.82) is 0 Å². The second-order valence-electron chi connectivity index (χ2n) is 7.11. The zero-order chi connectivity index (χ0) is 18.7. The van der Waals surface area contributed by atoms with Crippen LogP contribution >= 0.6 is 0 Å². The molecule has 1 aromatic rings. The number of amides is 2. The van der Waals surface area contributed by atoms with Gasteiger partial charge in [0.05, 0.1) is 17.5 Å². The standard InChI is InChI=1S/C19H28N4O3/c1-3-15(24)13-22-8-10-23(11-9-22)19(26)14-4-5-17-16(12-14)20-18(25)6-7-21(17)2/h4-5,12,15,24H,3,6-11,13H2,1-2H3,(H,20,25). The third-order valence-corrected chi connectivity index (χ3v) is 5.20. The molecule has 1 fully saturated rings. The maximum absolute atomic E-state index is 12.9. The predicted octanol–water partition coefficient (Wildman–Crippen LogP) is 0.994. The summed E-state index contributed by atoms with van der Waals surface area (Å²) in [4.78, 5) is 30.8. The molecule has 1 aromatic carbocycles. The minimum Gasteiger partial charge on any atom is -0.392 e. The highest BCUT2D eigenvalue weighted by atomic mass is 16.3. The Bertz CT molecular complexity index is 671. The van der Waals surface area contributed by atoms with E-state index in [1.165, 1.54) is 0 Å². The van der Waals surface area contributed by atoms with Crippen LogP contribution in [0.3, 0.4) is 0 Å². The van der Waals surface area contributed by atoms with Crippen molar-refractivity contribution in [2.75, 3.05) is 56.5 Å². The molecule has 2 heterocycles. The summed E-state index contributed by atoms with van der Waals surface area (Å²) in [5, 5.41) is 12.7. The van der Waals surface area contributed by atoms with E-state index in [2.05, 4.69) is 10.2 Å². The third-order valence-electron chi connectivity index (χ3n) is 5.20. The number of hydrogen-bond donors (Lipinski definition) is 2. The molecule has 1 unspecified atom stereocenters. The monoisotopic (exact) mass is 360 g/mol. The molecule has 1 saturated heterocycles. The first-order valence-corrected chi connectivity index (χ1v) is 9.32. The lowest BCUT2D eigenvalue weighted by Crippen LogP contribution is -2.50. The van der Waals surface area contributed by atoms with Crippen LogP contribution in [0.2, 0.25) is 0 Å². The molecule has 0 aliphatic carbocycles. The van der Waals surface area contributed by atoms with Gasteiger partial charge in [-0.1, -0.05) is 6.92 Å². The topological polar surface area (TPSA) is 76.1 Å². The molecule has 2 amide bonds. The van der Waals surface area contributed by atoms with E-state index in [0.29, 0.717) is 43.9 Å². The van der Waals surface area contributed by atoms with Gasteiger partial charge >= 0.3 is 0 Å². The summed E-state index contributed by atoms with van der Waals surface area (Å²) in [6.45, 7) is 6.14. The molecule has 0 radical (unpaired) electrons. The Morgan fingerprint density at radius 3 is 2.65 bits per heavy atom. The van der Waals surface area contributed by atoms with E-state index in [9.17, 15) is 14.7 Å². The summed E-state index contributed by atoms with van der Waals surface area (Å²) in [7, 11) is 1.95. The molecule has 0 aromatic heterocycles. The van der Waals surface area contributed by atoms with Gasteiger partial charge in [-0.2, -0.15) is 0 Å². The lowest BCUT2D eigenvalue weighted by molar-refractivity contribution is -0.115. The average Bonchev–Trinajstić information content (AvgIpc) is 2.79. The SMILES string of the molecule is CCC(O)CN1CCN(C(=O)c2ccc3c(c2)NC(=O)CCN3C)CC1. The fourth-order valence-corrected chi connectivity index (χ4v) is 3.45. The number of benzene rings is 1. The highest BCUT2D eigenvalue weighted by Gasteiger charge is 2.24. The fraction of sp³-hybridized carbons (Fsp3) is 0.579. The number of carbonyl (C=O) groups is 2. The molecule has 3 rings (SSSR count). The molecule has 0 spiro atoms. The Morgan fingerprint density at radius 1 is 1.23 bits per heavy atom. The average molecular weight is 360 g/mol. The van der Waals surface area contributed by atoms with Crippen LogP contribution in [-0.4, -0.2) is 79.1 Å². The van der Waals surface area contributed by atoms with Gasteiger partial charge in [-0.25, -0.2) is 0 Å². The van der Waals surface area contributed by atoms with Gasteiger partial charge in [0, 0.05) is 58.3 Å². The van der Waals surface area contributed by atoms with Gasteiger partial charge in [0.1, 0.15) is 0 Å². The Kier molecular flexibility index (Phi) is 5.78. The third kappa shape index (κ3) is 4.16. The molecule has 7 heteroatoms. The lowest BCUT2D eigenvalue weighted by atomic mass is 10.1. The lowest BCUT2D eigenvalue weighted by Gasteiger charge is -2.35. The summed E-state index contributed by atoms with van der Waals surface area (Å²) in [5.74, 6) is -0.0343. The predicted molar refractivity (Wildman–Crippen MR) is 102 cm³/mol. The fourth-order valence-electron chi connectivity index (χ4n) is 3.45. The maximum atomic E-state index is 12.9. The highest BCUT2D eigenvalue weighted by Crippen LogP contribution is 2.29. The number of fused-ring (bicyclic) bond motifs is 1. The molecule has 0 saturated carbocycles. The van der Waals surface area contributed by atoms with E-state index < -0.39 is 0 Å². The van der Waals surface area contributed by atoms with Gasteiger partial charge in [0.2, 0.25) is 5.91 Å². The summed E-state index contributed by atoms with van der Waals surface area (Å²) in [6.07, 6.45) is 0.886. The Balaban J connectivity index is 1.67. The van der Waals surface area contributed by atoms with Crippen LogP contribution in [0.4, 0.5) is 11.4 Å². The Morgan fingerprint density at radius 2 is 1.96 bits per heavy atom. The van der Waals surface area contributed by atoms with Crippen LogP contribution in [0.25, 0.3) is 0 Å². The second-order valence-corrected chi connectivity index (χ2v) is 7.11. The number of piperazine rings is 1. The van der Waals surface area contributed by atoms with Crippen molar-refractivity contribution in [3.05, 3.63) is 23.8 Å². The van der Waals surface area contributed by atoms with Crippen molar-refractivity contribution in [2.45, 2.75) is 25.9 Å². The minimum atomic E-state index is -0.303. The quantitative estimate of drug-likeness (QED) is 0.838. The van der Waals surface area contributed by atoms with Gasteiger partial charge < -0.3 is 20.2 Å². The van der Waals surface area contributed by atoms with Crippen molar-refractivity contribution in [1.82, 2.24) is 9.80 Å². The first-order valence-electron chi connectivity index (χ1n) is 9.32. The summed E-state index contributed by atoms with van der Waals surface area (Å²) in [5.41, 5.74) is 2.23. The summed E-state index contributed by atoms with van der Waals surface area (Å²) in [6, 6.07) is 5.52. The minimum absolute atomic E-state index is 0.00959. The number of carbonyl (C=O) groups excluding carboxylic acids is 2.